The van der Waals surface area contributed by atoms with Crippen molar-refractivity contribution in [3.63, 3.8) is 0 Å². The van der Waals surface area contributed by atoms with E-state index in [1.807, 2.05) is 0 Å². The number of fused-ring (bicyclic) bond motifs is 1. The molecule has 1 aliphatic heterocycles. The summed E-state index contributed by atoms with van der Waals surface area (Å²) in [4.78, 5) is 2.49. The van der Waals surface area contributed by atoms with Crippen molar-refractivity contribution >= 4 is 11.8 Å². The summed E-state index contributed by atoms with van der Waals surface area (Å²) < 4.78 is 0. The van der Waals surface area contributed by atoms with Gasteiger partial charge in [0.15, 0.2) is 0 Å². The van der Waals surface area contributed by atoms with Crippen molar-refractivity contribution < 1.29 is 0 Å². The molecule has 0 unspecified atom stereocenters. The highest BCUT2D eigenvalue weighted by Gasteiger charge is 2.11. The molecule has 2 aromatic rings. The third kappa shape index (κ3) is 2.87. The fourth-order valence-corrected chi connectivity index (χ4v) is 2.62. The molecule has 2 aromatic carbocycles. The Bertz CT molecular complexity index is 557. The van der Waals surface area contributed by atoms with Gasteiger partial charge in [-0.3, -0.25) is 0 Å². The highest BCUT2D eigenvalue weighted by molar-refractivity contribution is 5.68. The zero-order valence-corrected chi connectivity index (χ0v) is 11.1. The van der Waals surface area contributed by atoms with Crippen molar-refractivity contribution in [2.75, 3.05) is 11.4 Å². The fourth-order valence-electron chi connectivity index (χ4n) is 2.62. The summed E-state index contributed by atoms with van der Waals surface area (Å²) in [7, 11) is 0. The van der Waals surface area contributed by atoms with E-state index in [1.54, 1.807) is 0 Å². The van der Waals surface area contributed by atoms with Crippen LogP contribution in [0.5, 0.6) is 0 Å². The molecule has 3 rings (SSSR count). The maximum absolute atomic E-state index is 2.49. The van der Waals surface area contributed by atoms with Crippen LogP contribution in [0.2, 0.25) is 0 Å². The van der Waals surface area contributed by atoms with E-state index in [-0.39, 0.29) is 0 Å². The Morgan fingerprint density at radius 2 is 1.68 bits per heavy atom. The summed E-state index contributed by atoms with van der Waals surface area (Å²) >= 11 is 0. The van der Waals surface area contributed by atoms with E-state index in [2.05, 4.69) is 71.6 Å². The number of rotatable bonds is 2. The fraction of sp³-hybridized carbons (Fsp3) is 0.222. The number of hydrogen-bond donors (Lipinski definition) is 0. The Hall–Kier alpha value is -2.02. The van der Waals surface area contributed by atoms with Crippen LogP contribution in [0, 0.1) is 0 Å². The van der Waals surface area contributed by atoms with Gasteiger partial charge in [-0.25, -0.2) is 0 Å². The van der Waals surface area contributed by atoms with Gasteiger partial charge in [-0.15, -0.1) is 0 Å². The first-order valence-electron chi connectivity index (χ1n) is 6.98. The highest BCUT2D eigenvalue weighted by atomic mass is 15.1. The smallest absolute Gasteiger partial charge is 0.0442 e. The molecule has 96 valence electrons. The molecule has 1 heterocycles. The lowest BCUT2D eigenvalue weighted by molar-refractivity contribution is 0.734. The molecule has 1 aliphatic rings. The lowest BCUT2D eigenvalue weighted by Crippen LogP contribution is -2.25. The van der Waals surface area contributed by atoms with Gasteiger partial charge in [-0.2, -0.15) is 0 Å². The third-order valence-electron chi connectivity index (χ3n) is 3.59. The van der Waals surface area contributed by atoms with E-state index < -0.39 is 0 Å². The van der Waals surface area contributed by atoms with Gasteiger partial charge in [-0.1, -0.05) is 60.7 Å². The number of nitrogens with zero attached hydrogens (tertiary/aromatic N) is 1. The number of hydrogen-bond acceptors (Lipinski definition) is 1. The van der Waals surface area contributed by atoms with Crippen LogP contribution in [-0.2, 0) is 6.54 Å². The van der Waals surface area contributed by atoms with Crippen LogP contribution in [-0.4, -0.2) is 6.54 Å². The van der Waals surface area contributed by atoms with E-state index in [9.17, 15) is 0 Å². The van der Waals surface area contributed by atoms with Gasteiger partial charge in [0.1, 0.15) is 0 Å². The molecule has 1 nitrogen and oxygen atoms in total. The lowest BCUT2D eigenvalue weighted by Gasteiger charge is -2.27. The molecule has 0 spiro atoms. The van der Waals surface area contributed by atoms with Crippen LogP contribution in [0.4, 0.5) is 5.69 Å². The molecule has 0 bridgehead atoms. The number of anilines is 1. The molecule has 0 saturated heterocycles. The summed E-state index contributed by atoms with van der Waals surface area (Å²) in [5.41, 5.74) is 4.06. The third-order valence-corrected chi connectivity index (χ3v) is 3.59. The molecule has 0 radical (unpaired) electrons. The standard InChI is InChI=1S/C18H19N/c1-3-9-16(10-4-1)15-19-14-8-2-5-11-17-12-6-7-13-18(17)19/h1,3-7,9-13H,2,8,14-15H2/b11-5-. The minimum Gasteiger partial charge on any atom is -0.367 e. The summed E-state index contributed by atoms with van der Waals surface area (Å²) in [6, 6.07) is 19.4. The van der Waals surface area contributed by atoms with Crippen molar-refractivity contribution in [2.24, 2.45) is 0 Å². The van der Waals surface area contributed by atoms with Gasteiger partial charge >= 0.3 is 0 Å². The van der Waals surface area contributed by atoms with Crippen LogP contribution in [0.3, 0.4) is 0 Å². The molecule has 1 heteroatoms. The van der Waals surface area contributed by atoms with Crippen molar-refractivity contribution in [1.29, 1.82) is 0 Å². The van der Waals surface area contributed by atoms with Crippen molar-refractivity contribution in [2.45, 2.75) is 19.4 Å². The predicted octanol–water partition coefficient (Wildman–Crippen LogP) is 4.50. The zero-order chi connectivity index (χ0) is 12.9. The molecule has 0 saturated carbocycles. The largest absolute Gasteiger partial charge is 0.367 e. The summed E-state index contributed by atoms with van der Waals surface area (Å²) in [6.45, 7) is 2.11. The van der Waals surface area contributed by atoms with E-state index >= 15 is 0 Å². The number of allylic oxidation sites excluding steroid dienone is 1. The maximum atomic E-state index is 2.49. The second-order valence-electron chi connectivity index (χ2n) is 5.01. The van der Waals surface area contributed by atoms with E-state index in [0.717, 1.165) is 13.1 Å². The second kappa shape index (κ2) is 5.75. The minimum absolute atomic E-state index is 0.992. The normalized spacial score (nSPS) is 16.3. The Morgan fingerprint density at radius 3 is 2.58 bits per heavy atom. The number of para-hydroxylation sites is 1. The molecule has 0 amide bonds. The Morgan fingerprint density at radius 1 is 0.895 bits per heavy atom. The first kappa shape index (κ1) is 12.0. The first-order chi connectivity index (χ1) is 9.43. The van der Waals surface area contributed by atoms with Crippen LogP contribution in [0.25, 0.3) is 6.08 Å². The quantitative estimate of drug-likeness (QED) is 0.757. The van der Waals surface area contributed by atoms with Gasteiger partial charge < -0.3 is 4.90 Å². The monoisotopic (exact) mass is 249 g/mol. The van der Waals surface area contributed by atoms with E-state index in [1.165, 1.54) is 29.7 Å². The van der Waals surface area contributed by atoms with Crippen LogP contribution in [0.15, 0.2) is 60.7 Å². The topological polar surface area (TPSA) is 3.24 Å². The molecule has 19 heavy (non-hydrogen) atoms. The zero-order valence-electron chi connectivity index (χ0n) is 11.1. The predicted molar refractivity (Wildman–Crippen MR) is 82.2 cm³/mol. The van der Waals surface area contributed by atoms with Crippen LogP contribution < -0.4 is 4.90 Å². The summed E-state index contributed by atoms with van der Waals surface area (Å²) in [6.07, 6.45) is 6.93. The molecule has 0 atom stereocenters. The van der Waals surface area contributed by atoms with Gasteiger partial charge in [0.25, 0.3) is 0 Å². The average molecular weight is 249 g/mol. The van der Waals surface area contributed by atoms with Gasteiger partial charge in [0, 0.05) is 18.8 Å². The summed E-state index contributed by atoms with van der Waals surface area (Å²) in [5, 5.41) is 0. The maximum Gasteiger partial charge on any atom is 0.0442 e. The van der Waals surface area contributed by atoms with Gasteiger partial charge in [-0.05, 0) is 30.0 Å². The van der Waals surface area contributed by atoms with Crippen molar-refractivity contribution in [3.05, 3.63) is 71.8 Å². The lowest BCUT2D eigenvalue weighted by atomic mass is 10.1. The van der Waals surface area contributed by atoms with Crippen molar-refractivity contribution in [1.82, 2.24) is 0 Å². The molecule has 0 aromatic heterocycles. The van der Waals surface area contributed by atoms with Gasteiger partial charge in [0.05, 0.1) is 0 Å². The molecule has 0 fully saturated rings. The molecule has 0 aliphatic carbocycles. The average Bonchev–Trinajstić information content (AvgIpc) is 2.45. The molecular weight excluding hydrogens is 230 g/mol. The first-order valence-corrected chi connectivity index (χ1v) is 6.98. The second-order valence-corrected chi connectivity index (χ2v) is 5.01. The van der Waals surface area contributed by atoms with Crippen molar-refractivity contribution in [3.8, 4) is 0 Å². The van der Waals surface area contributed by atoms with Crippen LogP contribution in [0.1, 0.15) is 24.0 Å². The SMILES string of the molecule is C1=C\c2ccccc2N(Cc2ccccc2)CCC/1. The van der Waals surface area contributed by atoms with E-state index in [4.69, 9.17) is 0 Å². The van der Waals surface area contributed by atoms with Gasteiger partial charge in [0.2, 0.25) is 0 Å². The molecular formula is C18H19N. The van der Waals surface area contributed by atoms with E-state index in [0.29, 0.717) is 0 Å². The Balaban J connectivity index is 1.91. The van der Waals surface area contributed by atoms with Crippen LogP contribution >= 0.6 is 0 Å². The number of benzene rings is 2. The Kier molecular flexibility index (Phi) is 3.64. The Labute approximate surface area is 115 Å². The molecule has 0 N–H and O–H groups in total. The highest BCUT2D eigenvalue weighted by Crippen LogP contribution is 2.26. The minimum atomic E-state index is 0.992. The summed E-state index contributed by atoms with van der Waals surface area (Å²) in [5.74, 6) is 0.